The van der Waals surface area contributed by atoms with Gasteiger partial charge in [0.1, 0.15) is 0 Å². The van der Waals surface area contributed by atoms with E-state index in [1.165, 1.54) is 18.4 Å². The van der Waals surface area contributed by atoms with Crippen molar-refractivity contribution in [1.29, 1.82) is 0 Å². The zero-order valence-electron chi connectivity index (χ0n) is 15.8. The van der Waals surface area contributed by atoms with Crippen LogP contribution in [0.4, 0.5) is 5.69 Å². The number of morpholine rings is 1. The molecule has 0 bridgehead atoms. The summed E-state index contributed by atoms with van der Waals surface area (Å²) in [4.78, 5) is 2.57. The van der Waals surface area contributed by atoms with E-state index in [0.717, 1.165) is 50.5 Å². The van der Waals surface area contributed by atoms with E-state index < -0.39 is 10.0 Å². The number of rotatable bonds is 6. The van der Waals surface area contributed by atoms with Crippen molar-refractivity contribution in [3.05, 3.63) is 23.3 Å². The molecule has 0 atom stereocenters. The third kappa shape index (κ3) is 5.37. The quantitative estimate of drug-likeness (QED) is 0.695. The van der Waals surface area contributed by atoms with Crippen LogP contribution in [0.3, 0.4) is 0 Å². The van der Waals surface area contributed by atoms with Crippen molar-refractivity contribution in [2.24, 2.45) is 0 Å². The summed E-state index contributed by atoms with van der Waals surface area (Å²) in [5.41, 5.74) is 2.57. The van der Waals surface area contributed by atoms with Gasteiger partial charge >= 0.3 is 0 Å². The molecule has 1 aliphatic heterocycles. The van der Waals surface area contributed by atoms with Gasteiger partial charge in [-0.1, -0.05) is 0 Å². The fraction of sp³-hybridized carbons (Fsp3) is 0.588. The SMILES string of the molecule is Cc1cc(S(=O)(=O)N(C)C)cc(NC(=S)NCCN2CCOCC2)c1C. The fourth-order valence-electron chi connectivity index (χ4n) is 2.63. The van der Waals surface area contributed by atoms with Gasteiger partial charge in [0.2, 0.25) is 10.0 Å². The van der Waals surface area contributed by atoms with Gasteiger partial charge in [0.25, 0.3) is 0 Å². The van der Waals surface area contributed by atoms with E-state index >= 15 is 0 Å². The lowest BCUT2D eigenvalue weighted by molar-refractivity contribution is 0.0389. The van der Waals surface area contributed by atoms with Gasteiger partial charge in [-0.15, -0.1) is 0 Å². The minimum Gasteiger partial charge on any atom is -0.379 e. The second-order valence-electron chi connectivity index (χ2n) is 6.54. The number of benzene rings is 1. The summed E-state index contributed by atoms with van der Waals surface area (Å²) in [6.07, 6.45) is 0. The largest absolute Gasteiger partial charge is 0.379 e. The molecule has 1 aliphatic rings. The number of hydrogen-bond acceptors (Lipinski definition) is 5. The second-order valence-corrected chi connectivity index (χ2v) is 9.10. The minimum atomic E-state index is -3.49. The van der Waals surface area contributed by atoms with Crippen molar-refractivity contribution < 1.29 is 13.2 Å². The Kier molecular flexibility index (Phi) is 7.36. The fourth-order valence-corrected chi connectivity index (χ4v) is 3.86. The van der Waals surface area contributed by atoms with E-state index in [1.807, 2.05) is 13.8 Å². The van der Waals surface area contributed by atoms with Crippen LogP contribution in [-0.2, 0) is 14.8 Å². The Morgan fingerprint density at radius 2 is 1.92 bits per heavy atom. The van der Waals surface area contributed by atoms with Crippen LogP contribution in [0.2, 0.25) is 0 Å². The lowest BCUT2D eigenvalue weighted by Crippen LogP contribution is -2.42. The molecule has 1 aromatic rings. The predicted octanol–water partition coefficient (Wildman–Crippen LogP) is 1.17. The molecule has 26 heavy (non-hydrogen) atoms. The third-order valence-corrected chi connectivity index (χ3v) is 6.52. The van der Waals surface area contributed by atoms with E-state index in [4.69, 9.17) is 17.0 Å². The molecule has 1 fully saturated rings. The molecule has 1 heterocycles. The molecule has 0 spiro atoms. The summed E-state index contributed by atoms with van der Waals surface area (Å²) in [7, 11) is -0.448. The van der Waals surface area contributed by atoms with Gasteiger partial charge in [-0.3, -0.25) is 4.90 Å². The summed E-state index contributed by atoms with van der Waals surface area (Å²) >= 11 is 5.37. The molecule has 9 heteroatoms. The summed E-state index contributed by atoms with van der Waals surface area (Å²) in [5.74, 6) is 0. The molecular formula is C17H28N4O3S2. The third-order valence-electron chi connectivity index (χ3n) is 4.48. The van der Waals surface area contributed by atoms with E-state index in [1.54, 1.807) is 12.1 Å². The van der Waals surface area contributed by atoms with Crippen LogP contribution >= 0.6 is 12.2 Å². The van der Waals surface area contributed by atoms with Gasteiger partial charge in [0.15, 0.2) is 5.11 Å². The van der Waals surface area contributed by atoms with Crippen molar-refractivity contribution in [3.8, 4) is 0 Å². The Labute approximate surface area is 161 Å². The van der Waals surface area contributed by atoms with Gasteiger partial charge < -0.3 is 15.4 Å². The van der Waals surface area contributed by atoms with Crippen molar-refractivity contribution >= 4 is 33.0 Å². The second kappa shape index (κ2) is 9.09. The first-order chi connectivity index (χ1) is 12.2. The van der Waals surface area contributed by atoms with Crippen molar-refractivity contribution in [3.63, 3.8) is 0 Å². The van der Waals surface area contributed by atoms with Crippen LogP contribution in [0.15, 0.2) is 17.0 Å². The number of thiocarbonyl (C=S) groups is 1. The molecule has 0 unspecified atom stereocenters. The summed E-state index contributed by atoms with van der Waals surface area (Å²) in [6.45, 7) is 8.86. The van der Waals surface area contributed by atoms with Crippen LogP contribution < -0.4 is 10.6 Å². The van der Waals surface area contributed by atoms with Crippen LogP contribution in [-0.4, -0.2) is 76.2 Å². The number of ether oxygens (including phenoxy) is 1. The first-order valence-electron chi connectivity index (χ1n) is 8.60. The maximum atomic E-state index is 12.4. The molecule has 1 aromatic carbocycles. The van der Waals surface area contributed by atoms with Gasteiger partial charge in [-0.2, -0.15) is 0 Å². The Hall–Kier alpha value is -1.26. The number of nitrogens with one attached hydrogen (secondary N) is 2. The molecule has 0 saturated carbocycles. The van der Waals surface area contributed by atoms with Crippen LogP contribution in [0.1, 0.15) is 11.1 Å². The van der Waals surface area contributed by atoms with Crippen molar-refractivity contribution in [1.82, 2.24) is 14.5 Å². The molecule has 2 rings (SSSR count). The van der Waals surface area contributed by atoms with Gasteiger partial charge in [-0.25, -0.2) is 12.7 Å². The standard InChI is InChI=1S/C17H28N4O3S2/c1-13-11-15(26(22,23)20(3)4)12-16(14(13)2)19-17(25)18-5-6-21-7-9-24-10-8-21/h11-12H,5-10H2,1-4H3,(H2,18,19,25). The normalized spacial score (nSPS) is 15.9. The molecule has 2 N–H and O–H groups in total. The molecular weight excluding hydrogens is 372 g/mol. The zero-order valence-corrected chi connectivity index (χ0v) is 17.5. The van der Waals surface area contributed by atoms with E-state index in [2.05, 4.69) is 15.5 Å². The van der Waals surface area contributed by atoms with Gasteiger partial charge in [0.05, 0.1) is 18.1 Å². The highest BCUT2D eigenvalue weighted by Gasteiger charge is 2.19. The van der Waals surface area contributed by atoms with Crippen LogP contribution in [0, 0.1) is 13.8 Å². The smallest absolute Gasteiger partial charge is 0.242 e. The number of aryl methyl sites for hydroxylation is 1. The monoisotopic (exact) mass is 400 g/mol. The average molecular weight is 401 g/mol. The first-order valence-corrected chi connectivity index (χ1v) is 10.5. The maximum absolute atomic E-state index is 12.4. The summed E-state index contributed by atoms with van der Waals surface area (Å²) in [6, 6.07) is 3.32. The average Bonchev–Trinajstić information content (AvgIpc) is 2.59. The Morgan fingerprint density at radius 3 is 2.54 bits per heavy atom. The first kappa shape index (κ1) is 21.0. The Morgan fingerprint density at radius 1 is 1.27 bits per heavy atom. The summed E-state index contributed by atoms with van der Waals surface area (Å²) < 4.78 is 31.4. The molecule has 0 amide bonds. The van der Waals surface area contributed by atoms with E-state index in [-0.39, 0.29) is 4.90 Å². The minimum absolute atomic E-state index is 0.254. The maximum Gasteiger partial charge on any atom is 0.242 e. The van der Waals surface area contributed by atoms with Gasteiger partial charge in [-0.05, 0) is 49.3 Å². The van der Waals surface area contributed by atoms with Crippen molar-refractivity contribution in [2.45, 2.75) is 18.7 Å². The Bertz CT molecular complexity index is 745. The highest BCUT2D eigenvalue weighted by Crippen LogP contribution is 2.25. The molecule has 0 radical (unpaired) electrons. The highest BCUT2D eigenvalue weighted by atomic mass is 32.2. The van der Waals surface area contributed by atoms with Crippen LogP contribution in [0.25, 0.3) is 0 Å². The summed E-state index contributed by atoms with van der Waals surface area (Å²) in [5, 5.41) is 6.80. The van der Waals surface area contributed by atoms with Crippen LogP contribution in [0.5, 0.6) is 0 Å². The molecule has 1 saturated heterocycles. The number of sulfonamides is 1. The van der Waals surface area contributed by atoms with Crippen molar-refractivity contribution in [2.75, 3.05) is 58.8 Å². The number of hydrogen-bond donors (Lipinski definition) is 2. The molecule has 0 aromatic heterocycles. The zero-order chi connectivity index (χ0) is 19.3. The van der Waals surface area contributed by atoms with E-state index in [0.29, 0.717) is 10.8 Å². The number of anilines is 1. The van der Waals surface area contributed by atoms with E-state index in [9.17, 15) is 8.42 Å². The lowest BCUT2D eigenvalue weighted by atomic mass is 10.1. The molecule has 146 valence electrons. The number of nitrogens with zero attached hydrogens (tertiary/aromatic N) is 2. The lowest BCUT2D eigenvalue weighted by Gasteiger charge is -2.26. The Balaban J connectivity index is 2.01. The topological polar surface area (TPSA) is 73.9 Å². The predicted molar refractivity (Wildman–Crippen MR) is 108 cm³/mol. The molecule has 0 aliphatic carbocycles. The van der Waals surface area contributed by atoms with Gasteiger partial charge in [0, 0.05) is 46.0 Å². The molecule has 7 nitrogen and oxygen atoms in total. The highest BCUT2D eigenvalue weighted by molar-refractivity contribution is 7.89.